The quantitative estimate of drug-likeness (QED) is 0.679. The van der Waals surface area contributed by atoms with Gasteiger partial charge in [0.2, 0.25) is 0 Å². The highest BCUT2D eigenvalue weighted by Crippen LogP contribution is 2.19. The minimum Gasteiger partial charge on any atom is -0.480 e. The summed E-state index contributed by atoms with van der Waals surface area (Å²) in [7, 11) is 1.43. The number of aliphatic carboxylic acids is 1. The van der Waals surface area contributed by atoms with Gasteiger partial charge in [-0.15, -0.1) is 0 Å². The molecule has 1 atom stereocenters. The molecule has 1 unspecified atom stereocenters. The molecule has 0 aliphatic carbocycles. The van der Waals surface area contributed by atoms with Gasteiger partial charge in [0.15, 0.2) is 6.04 Å². The molecule has 0 fully saturated rings. The minimum atomic E-state index is -1.24. The van der Waals surface area contributed by atoms with E-state index in [-0.39, 0.29) is 0 Å². The molecule has 0 aliphatic heterocycles. The Morgan fingerprint density at radius 3 is 2.18 bits per heavy atom. The number of benzene rings is 1. The van der Waals surface area contributed by atoms with Gasteiger partial charge in [-0.2, -0.15) is 0 Å². The van der Waals surface area contributed by atoms with Crippen molar-refractivity contribution >= 4 is 17.6 Å². The van der Waals surface area contributed by atoms with Crippen LogP contribution in [0.2, 0.25) is 0 Å². The summed E-state index contributed by atoms with van der Waals surface area (Å²) < 4.78 is 0. The molecule has 17 heavy (non-hydrogen) atoms. The summed E-state index contributed by atoms with van der Waals surface area (Å²) in [6.45, 7) is 3.72. The third kappa shape index (κ3) is 3.04. The molecule has 5 heteroatoms. The fourth-order valence-corrected chi connectivity index (χ4v) is 1.57. The summed E-state index contributed by atoms with van der Waals surface area (Å²) in [5, 5.41) is 13.9. The average molecular weight is 236 g/mol. The van der Waals surface area contributed by atoms with Gasteiger partial charge < -0.3 is 10.4 Å². The fraction of sp³-hybridized carbons (Fsp3) is 0.333. The van der Waals surface area contributed by atoms with Crippen molar-refractivity contribution in [2.75, 3.05) is 12.4 Å². The highest BCUT2D eigenvalue weighted by Gasteiger charge is 2.24. The lowest BCUT2D eigenvalue weighted by Crippen LogP contribution is -2.44. The van der Waals surface area contributed by atoms with E-state index in [2.05, 4.69) is 10.6 Å². The molecule has 0 saturated carbocycles. The van der Waals surface area contributed by atoms with Crippen LogP contribution in [0.1, 0.15) is 11.1 Å². The van der Waals surface area contributed by atoms with Crippen LogP contribution in [-0.4, -0.2) is 30.1 Å². The smallest absolute Gasteiger partial charge is 0.330 e. The first-order chi connectivity index (χ1) is 7.97. The first kappa shape index (κ1) is 13.2. The van der Waals surface area contributed by atoms with Crippen LogP contribution in [0.5, 0.6) is 0 Å². The third-order valence-corrected chi connectivity index (χ3v) is 2.53. The predicted octanol–water partition coefficient (Wildman–Crippen LogP) is 0.915. The Balaban J connectivity index is 2.91. The third-order valence-electron chi connectivity index (χ3n) is 2.53. The van der Waals surface area contributed by atoms with Gasteiger partial charge in [-0.05, 0) is 32.0 Å². The van der Waals surface area contributed by atoms with E-state index >= 15 is 0 Å². The second-order valence-electron chi connectivity index (χ2n) is 3.82. The molecule has 0 saturated heterocycles. The van der Waals surface area contributed by atoms with Gasteiger partial charge in [0.1, 0.15) is 0 Å². The van der Waals surface area contributed by atoms with Crippen molar-refractivity contribution in [2.24, 2.45) is 0 Å². The molecule has 1 aromatic rings. The van der Waals surface area contributed by atoms with E-state index in [0.717, 1.165) is 11.1 Å². The zero-order valence-electron chi connectivity index (χ0n) is 10.1. The number of aryl methyl sites for hydroxylation is 2. The SMILES string of the molecule is CNC(C(=O)O)C(=O)Nc1c(C)cccc1C. The Kier molecular flexibility index (Phi) is 4.23. The molecule has 1 rings (SSSR count). The molecular formula is C12H16N2O3. The van der Waals surface area contributed by atoms with Gasteiger partial charge in [0.25, 0.3) is 5.91 Å². The van der Waals surface area contributed by atoms with E-state index < -0.39 is 17.9 Å². The summed E-state index contributed by atoms with van der Waals surface area (Å²) in [6.07, 6.45) is 0. The number of rotatable bonds is 4. The van der Waals surface area contributed by atoms with Gasteiger partial charge in [-0.25, -0.2) is 4.79 Å². The van der Waals surface area contributed by atoms with Crippen LogP contribution < -0.4 is 10.6 Å². The van der Waals surface area contributed by atoms with Crippen molar-refractivity contribution in [3.05, 3.63) is 29.3 Å². The number of carboxylic acids is 1. The average Bonchev–Trinajstić information content (AvgIpc) is 2.24. The lowest BCUT2D eigenvalue weighted by molar-refractivity contribution is -0.142. The Morgan fingerprint density at radius 2 is 1.76 bits per heavy atom. The molecule has 5 nitrogen and oxygen atoms in total. The first-order valence-corrected chi connectivity index (χ1v) is 5.24. The van der Waals surface area contributed by atoms with Crippen LogP contribution in [0.25, 0.3) is 0 Å². The largest absolute Gasteiger partial charge is 0.480 e. The number of likely N-dealkylation sites (N-methyl/N-ethyl adjacent to an activating group) is 1. The number of amides is 1. The van der Waals surface area contributed by atoms with E-state index in [1.54, 1.807) is 0 Å². The molecule has 0 aromatic heterocycles. The van der Waals surface area contributed by atoms with Crippen molar-refractivity contribution in [1.82, 2.24) is 5.32 Å². The number of para-hydroxylation sites is 1. The van der Waals surface area contributed by atoms with E-state index in [9.17, 15) is 9.59 Å². The normalized spacial score (nSPS) is 11.9. The van der Waals surface area contributed by atoms with Crippen LogP contribution in [0, 0.1) is 13.8 Å². The first-order valence-electron chi connectivity index (χ1n) is 5.24. The predicted molar refractivity (Wildman–Crippen MR) is 65.0 cm³/mol. The summed E-state index contributed by atoms with van der Waals surface area (Å²) in [4.78, 5) is 22.5. The summed E-state index contributed by atoms with van der Waals surface area (Å²) in [6, 6.07) is 4.36. The number of carbonyl (C=O) groups is 2. The molecular weight excluding hydrogens is 220 g/mol. The van der Waals surface area contributed by atoms with Crippen LogP contribution in [0.3, 0.4) is 0 Å². The van der Waals surface area contributed by atoms with Crippen LogP contribution >= 0.6 is 0 Å². The maximum atomic E-state index is 11.7. The Labute approximate surface area is 99.8 Å². The number of carboxylic acid groups (broad SMARTS) is 1. The molecule has 3 N–H and O–H groups in total. The fourth-order valence-electron chi connectivity index (χ4n) is 1.57. The summed E-state index contributed by atoms with van der Waals surface area (Å²) >= 11 is 0. The van der Waals surface area contributed by atoms with E-state index in [4.69, 9.17) is 5.11 Å². The standard InChI is InChI=1S/C12H16N2O3/c1-7-5-4-6-8(2)9(7)14-11(15)10(13-3)12(16)17/h4-6,10,13H,1-3H3,(H,14,15)(H,16,17). The molecule has 0 bridgehead atoms. The minimum absolute atomic E-state index is 0.572. The summed E-state index contributed by atoms with van der Waals surface area (Å²) in [5.74, 6) is -1.77. The lowest BCUT2D eigenvalue weighted by Gasteiger charge is -2.15. The van der Waals surface area contributed by atoms with Crippen molar-refractivity contribution in [2.45, 2.75) is 19.9 Å². The number of carbonyl (C=O) groups excluding carboxylic acids is 1. The molecule has 0 spiro atoms. The van der Waals surface area contributed by atoms with Crippen molar-refractivity contribution < 1.29 is 14.7 Å². The Bertz CT molecular complexity index is 423. The monoisotopic (exact) mass is 236 g/mol. The summed E-state index contributed by atoms with van der Waals surface area (Å²) in [5.41, 5.74) is 2.47. The van der Waals surface area contributed by atoms with Gasteiger partial charge in [-0.1, -0.05) is 18.2 Å². The van der Waals surface area contributed by atoms with E-state index in [1.807, 2.05) is 32.0 Å². The van der Waals surface area contributed by atoms with Crippen LogP contribution in [-0.2, 0) is 9.59 Å². The van der Waals surface area contributed by atoms with E-state index in [1.165, 1.54) is 7.05 Å². The Morgan fingerprint density at radius 1 is 1.24 bits per heavy atom. The van der Waals surface area contributed by atoms with Crippen LogP contribution in [0.15, 0.2) is 18.2 Å². The molecule has 92 valence electrons. The van der Waals surface area contributed by atoms with Gasteiger partial charge in [0, 0.05) is 5.69 Å². The van der Waals surface area contributed by atoms with Crippen molar-refractivity contribution in [3.8, 4) is 0 Å². The number of nitrogens with one attached hydrogen (secondary N) is 2. The highest BCUT2D eigenvalue weighted by atomic mass is 16.4. The number of hydrogen-bond acceptors (Lipinski definition) is 3. The molecule has 1 aromatic carbocycles. The number of anilines is 1. The Hall–Kier alpha value is -1.88. The highest BCUT2D eigenvalue weighted by molar-refractivity contribution is 6.08. The molecule has 0 heterocycles. The van der Waals surface area contributed by atoms with Crippen molar-refractivity contribution in [3.63, 3.8) is 0 Å². The lowest BCUT2D eigenvalue weighted by atomic mass is 10.1. The second-order valence-corrected chi connectivity index (χ2v) is 3.82. The molecule has 0 radical (unpaired) electrons. The topological polar surface area (TPSA) is 78.4 Å². The van der Waals surface area contributed by atoms with Gasteiger partial charge >= 0.3 is 5.97 Å². The van der Waals surface area contributed by atoms with Crippen LogP contribution in [0.4, 0.5) is 5.69 Å². The second kappa shape index (κ2) is 5.45. The molecule has 0 aliphatic rings. The zero-order valence-corrected chi connectivity index (χ0v) is 10.1. The zero-order chi connectivity index (χ0) is 13.0. The van der Waals surface area contributed by atoms with Gasteiger partial charge in [-0.3, -0.25) is 10.1 Å². The van der Waals surface area contributed by atoms with Gasteiger partial charge in [0.05, 0.1) is 0 Å². The molecule has 1 amide bonds. The number of hydrogen-bond donors (Lipinski definition) is 3. The van der Waals surface area contributed by atoms with Crippen molar-refractivity contribution in [1.29, 1.82) is 0 Å². The van der Waals surface area contributed by atoms with E-state index in [0.29, 0.717) is 5.69 Å². The maximum Gasteiger partial charge on any atom is 0.330 e. The maximum absolute atomic E-state index is 11.7.